The molecule has 144 valence electrons. The number of hydrogen-bond acceptors (Lipinski definition) is 4. The van der Waals surface area contributed by atoms with Gasteiger partial charge >= 0.3 is 11.1 Å². The normalized spacial score (nSPS) is 10.7. The summed E-state index contributed by atoms with van der Waals surface area (Å²) in [4.78, 5) is 40.6. The van der Waals surface area contributed by atoms with Crippen LogP contribution in [0.15, 0.2) is 76.3 Å². The molecule has 0 saturated carbocycles. The first-order valence-electron chi connectivity index (χ1n) is 8.86. The molecule has 0 fully saturated rings. The Hall–Kier alpha value is -4.13. The topological polar surface area (TPSA) is 104 Å². The molecular formula is C22H17N3O4. The number of fused-ring (bicyclic) bond motifs is 1. The summed E-state index contributed by atoms with van der Waals surface area (Å²) in [6, 6.07) is 19.8. The first-order chi connectivity index (χ1) is 14.0. The second kappa shape index (κ2) is 7.47. The Labute approximate surface area is 165 Å². The molecule has 7 nitrogen and oxygen atoms in total. The third kappa shape index (κ3) is 3.66. The molecule has 0 aliphatic rings. The van der Waals surface area contributed by atoms with Crippen molar-refractivity contribution in [1.82, 2.24) is 9.97 Å². The summed E-state index contributed by atoms with van der Waals surface area (Å²) < 4.78 is 5.44. The second-order valence-electron chi connectivity index (χ2n) is 6.40. The van der Waals surface area contributed by atoms with Gasteiger partial charge < -0.3 is 20.0 Å². The van der Waals surface area contributed by atoms with Crippen molar-refractivity contribution in [3.63, 3.8) is 0 Å². The van der Waals surface area contributed by atoms with Crippen LogP contribution in [0.2, 0.25) is 0 Å². The number of carbonyl (C=O) groups is 1. The molecule has 0 atom stereocenters. The van der Waals surface area contributed by atoms with Crippen molar-refractivity contribution in [1.29, 1.82) is 0 Å². The van der Waals surface area contributed by atoms with Gasteiger partial charge in [-0.25, -0.2) is 0 Å². The smallest absolute Gasteiger partial charge is 0.314 e. The van der Waals surface area contributed by atoms with Gasteiger partial charge in [0.05, 0.1) is 18.1 Å². The highest BCUT2D eigenvalue weighted by Gasteiger charge is 2.11. The average Bonchev–Trinajstić information content (AvgIpc) is 2.75. The summed E-state index contributed by atoms with van der Waals surface area (Å²) >= 11 is 0. The Balaban J connectivity index is 1.66. The Morgan fingerprint density at radius 3 is 2.31 bits per heavy atom. The van der Waals surface area contributed by atoms with Crippen molar-refractivity contribution in [3.8, 4) is 16.9 Å². The maximum atomic E-state index is 12.7. The largest absolute Gasteiger partial charge is 0.496 e. The second-order valence-corrected chi connectivity index (χ2v) is 6.40. The molecular weight excluding hydrogens is 370 g/mol. The third-order valence-corrected chi connectivity index (χ3v) is 4.53. The van der Waals surface area contributed by atoms with E-state index in [1.807, 2.05) is 36.4 Å². The van der Waals surface area contributed by atoms with Gasteiger partial charge in [-0.15, -0.1) is 0 Å². The highest BCUT2D eigenvalue weighted by molar-refractivity contribution is 6.06. The van der Waals surface area contributed by atoms with Crippen molar-refractivity contribution in [2.45, 2.75) is 0 Å². The monoisotopic (exact) mass is 387 g/mol. The molecule has 3 aromatic carbocycles. The third-order valence-electron chi connectivity index (χ3n) is 4.53. The zero-order valence-electron chi connectivity index (χ0n) is 15.5. The van der Waals surface area contributed by atoms with Crippen molar-refractivity contribution < 1.29 is 9.53 Å². The number of benzene rings is 3. The molecule has 4 aromatic rings. The van der Waals surface area contributed by atoms with Crippen LogP contribution in [0.25, 0.3) is 22.2 Å². The maximum absolute atomic E-state index is 12.7. The van der Waals surface area contributed by atoms with Crippen molar-refractivity contribution in [2.24, 2.45) is 0 Å². The van der Waals surface area contributed by atoms with Gasteiger partial charge in [0.1, 0.15) is 5.75 Å². The average molecular weight is 387 g/mol. The minimum absolute atomic E-state index is 0.344. The number of anilines is 1. The summed E-state index contributed by atoms with van der Waals surface area (Å²) in [5.74, 6) is 0.351. The summed E-state index contributed by atoms with van der Waals surface area (Å²) in [5, 5.41) is 2.85. The molecule has 1 heterocycles. The Kier molecular flexibility index (Phi) is 4.70. The molecule has 0 aliphatic heterocycles. The van der Waals surface area contributed by atoms with Crippen LogP contribution >= 0.6 is 0 Å². The lowest BCUT2D eigenvalue weighted by Crippen LogP contribution is -2.29. The molecule has 0 bridgehead atoms. The molecule has 29 heavy (non-hydrogen) atoms. The zero-order chi connectivity index (χ0) is 20.4. The number of nitrogens with one attached hydrogen (secondary N) is 3. The van der Waals surface area contributed by atoms with Crippen LogP contribution in [-0.2, 0) is 0 Å². The minimum atomic E-state index is -0.766. The van der Waals surface area contributed by atoms with Crippen LogP contribution in [0.4, 0.5) is 5.69 Å². The van der Waals surface area contributed by atoms with E-state index in [-0.39, 0.29) is 5.91 Å². The van der Waals surface area contributed by atoms with E-state index in [1.165, 1.54) is 6.07 Å². The van der Waals surface area contributed by atoms with E-state index in [1.54, 1.807) is 31.4 Å². The van der Waals surface area contributed by atoms with Gasteiger partial charge in [-0.3, -0.25) is 14.4 Å². The predicted molar refractivity (Wildman–Crippen MR) is 112 cm³/mol. The van der Waals surface area contributed by atoms with E-state index in [9.17, 15) is 14.4 Å². The molecule has 7 heteroatoms. The highest BCUT2D eigenvalue weighted by Crippen LogP contribution is 2.32. The van der Waals surface area contributed by atoms with Gasteiger partial charge in [0.25, 0.3) is 5.91 Å². The lowest BCUT2D eigenvalue weighted by molar-refractivity contribution is 0.102. The Bertz CT molecular complexity index is 1320. The molecule has 0 unspecified atom stereocenters. The number of methoxy groups -OCH3 is 1. The van der Waals surface area contributed by atoms with Gasteiger partial charge in [-0.1, -0.05) is 30.3 Å². The van der Waals surface area contributed by atoms with E-state index >= 15 is 0 Å². The van der Waals surface area contributed by atoms with Gasteiger partial charge in [0, 0.05) is 16.8 Å². The fourth-order valence-electron chi connectivity index (χ4n) is 3.09. The van der Waals surface area contributed by atoms with Gasteiger partial charge in [-0.05, 0) is 42.0 Å². The molecule has 0 saturated heterocycles. The molecule has 0 spiro atoms. The fraction of sp³-hybridized carbons (Fsp3) is 0.0455. The van der Waals surface area contributed by atoms with E-state index in [2.05, 4.69) is 15.3 Å². The summed E-state index contributed by atoms with van der Waals surface area (Å²) in [5.41, 5.74) is 2.09. The Morgan fingerprint density at radius 1 is 0.862 bits per heavy atom. The van der Waals surface area contributed by atoms with Crippen LogP contribution in [-0.4, -0.2) is 23.0 Å². The number of rotatable bonds is 4. The lowest BCUT2D eigenvalue weighted by atomic mass is 10.0. The van der Waals surface area contributed by atoms with Crippen molar-refractivity contribution in [3.05, 3.63) is 93.0 Å². The van der Waals surface area contributed by atoms with Crippen LogP contribution < -0.4 is 21.2 Å². The maximum Gasteiger partial charge on any atom is 0.314 e. The molecule has 0 radical (unpaired) electrons. The van der Waals surface area contributed by atoms with E-state index in [4.69, 9.17) is 4.74 Å². The Morgan fingerprint density at radius 2 is 1.59 bits per heavy atom. The van der Waals surface area contributed by atoms with E-state index in [0.29, 0.717) is 28.0 Å². The fourth-order valence-corrected chi connectivity index (χ4v) is 3.09. The number of hydrogen-bond donors (Lipinski definition) is 3. The summed E-state index contributed by atoms with van der Waals surface area (Å²) in [6.45, 7) is 0. The van der Waals surface area contributed by atoms with Gasteiger partial charge in [0.15, 0.2) is 0 Å². The lowest BCUT2D eigenvalue weighted by Gasteiger charge is -2.12. The van der Waals surface area contributed by atoms with Gasteiger partial charge in [-0.2, -0.15) is 0 Å². The van der Waals surface area contributed by atoms with Crippen molar-refractivity contribution >= 4 is 22.6 Å². The van der Waals surface area contributed by atoms with Crippen LogP contribution in [0.5, 0.6) is 5.75 Å². The van der Waals surface area contributed by atoms with E-state index < -0.39 is 11.1 Å². The molecule has 1 aromatic heterocycles. The van der Waals surface area contributed by atoms with Crippen LogP contribution in [0.3, 0.4) is 0 Å². The number of aromatic amines is 2. The zero-order valence-corrected chi connectivity index (χ0v) is 15.5. The van der Waals surface area contributed by atoms with Crippen LogP contribution in [0, 0.1) is 0 Å². The summed E-state index contributed by atoms with van der Waals surface area (Å²) in [6.07, 6.45) is 0. The van der Waals surface area contributed by atoms with Crippen LogP contribution in [0.1, 0.15) is 10.4 Å². The first kappa shape index (κ1) is 18.2. The molecule has 4 rings (SSSR count). The quantitative estimate of drug-likeness (QED) is 0.468. The standard InChI is InChI=1S/C22H17N3O4/c1-29-19-10-8-15(12-16(19)13-5-3-2-4-6-13)23-20(26)14-7-9-17-18(11-14)25-22(28)21(27)24-17/h2-12H,1H3,(H,23,26)(H,24,27)(H,25,28). The van der Waals surface area contributed by atoms with Crippen molar-refractivity contribution in [2.75, 3.05) is 12.4 Å². The van der Waals surface area contributed by atoms with Gasteiger partial charge in [0.2, 0.25) is 0 Å². The predicted octanol–water partition coefficient (Wildman–Crippen LogP) is 3.14. The number of ether oxygens (including phenoxy) is 1. The molecule has 3 N–H and O–H groups in total. The first-order valence-corrected chi connectivity index (χ1v) is 8.86. The SMILES string of the molecule is COc1ccc(NC(=O)c2ccc3[nH]c(=O)c(=O)[nH]c3c2)cc1-c1ccccc1. The highest BCUT2D eigenvalue weighted by atomic mass is 16.5. The number of H-pyrrole nitrogens is 2. The van der Waals surface area contributed by atoms with E-state index in [0.717, 1.165) is 11.1 Å². The number of aromatic nitrogens is 2. The number of carbonyl (C=O) groups excluding carboxylic acids is 1. The number of amides is 1. The minimum Gasteiger partial charge on any atom is -0.496 e. The summed E-state index contributed by atoms with van der Waals surface area (Å²) in [7, 11) is 1.60. The molecule has 1 amide bonds. The molecule has 0 aliphatic carbocycles.